The third-order valence-corrected chi connectivity index (χ3v) is 4.29. The number of rotatable bonds is 9. The van der Waals surface area contributed by atoms with E-state index >= 15 is 0 Å². The van der Waals surface area contributed by atoms with E-state index in [4.69, 9.17) is 18.9 Å². The second-order valence-corrected chi connectivity index (χ2v) is 6.61. The normalized spacial score (nSPS) is 10.5. The van der Waals surface area contributed by atoms with Crippen LogP contribution in [-0.2, 0) is 9.53 Å². The van der Waals surface area contributed by atoms with Gasteiger partial charge in [0.15, 0.2) is 13.2 Å². The van der Waals surface area contributed by atoms with Gasteiger partial charge in [-0.1, -0.05) is 19.9 Å². The number of esters is 1. The lowest BCUT2D eigenvalue weighted by Crippen LogP contribution is -2.20. The fraction of sp³-hybridized carbons (Fsp3) is 0.364. The molecule has 28 heavy (non-hydrogen) atoms. The van der Waals surface area contributed by atoms with E-state index in [1.54, 1.807) is 18.2 Å². The van der Waals surface area contributed by atoms with Crippen LogP contribution in [0.3, 0.4) is 0 Å². The van der Waals surface area contributed by atoms with Gasteiger partial charge in [0.1, 0.15) is 17.2 Å². The van der Waals surface area contributed by atoms with E-state index in [1.165, 1.54) is 19.8 Å². The van der Waals surface area contributed by atoms with E-state index in [-0.39, 0.29) is 18.0 Å². The Bertz CT molecular complexity index is 841. The molecule has 0 spiro atoms. The highest BCUT2D eigenvalue weighted by Gasteiger charge is 2.16. The van der Waals surface area contributed by atoms with Crippen LogP contribution in [0.1, 0.15) is 41.3 Å². The molecule has 0 radical (unpaired) electrons. The molecule has 2 aromatic carbocycles. The Morgan fingerprint density at radius 3 is 2.25 bits per heavy atom. The van der Waals surface area contributed by atoms with Gasteiger partial charge < -0.3 is 18.9 Å². The van der Waals surface area contributed by atoms with Crippen molar-refractivity contribution in [1.29, 1.82) is 0 Å². The number of hydrogen-bond acceptors (Lipinski definition) is 6. The minimum Gasteiger partial charge on any atom is -0.497 e. The Hall–Kier alpha value is -3.02. The van der Waals surface area contributed by atoms with Crippen LogP contribution >= 0.6 is 0 Å². The predicted octanol–water partition coefficient (Wildman–Crippen LogP) is 3.94. The molecule has 150 valence electrons. The fourth-order valence-corrected chi connectivity index (χ4v) is 2.83. The number of methoxy groups -OCH3 is 2. The summed E-state index contributed by atoms with van der Waals surface area (Å²) < 4.78 is 20.8. The number of benzene rings is 2. The maximum Gasteiger partial charge on any atom is 0.344 e. The van der Waals surface area contributed by atoms with Gasteiger partial charge in [-0.25, -0.2) is 4.79 Å². The van der Waals surface area contributed by atoms with Crippen LogP contribution in [0.25, 0.3) is 0 Å². The van der Waals surface area contributed by atoms with Gasteiger partial charge in [0.05, 0.1) is 19.8 Å². The van der Waals surface area contributed by atoms with Crippen molar-refractivity contribution in [3.05, 3.63) is 53.1 Å². The highest BCUT2D eigenvalue weighted by atomic mass is 16.6. The smallest absolute Gasteiger partial charge is 0.344 e. The molecule has 2 rings (SSSR count). The van der Waals surface area contributed by atoms with E-state index in [0.717, 1.165) is 5.56 Å². The maximum atomic E-state index is 12.4. The molecule has 0 N–H and O–H groups in total. The summed E-state index contributed by atoms with van der Waals surface area (Å²) in [5, 5.41) is 0. The van der Waals surface area contributed by atoms with Gasteiger partial charge in [-0.15, -0.1) is 0 Å². The number of aryl methyl sites for hydroxylation is 1. The molecular weight excluding hydrogens is 360 g/mol. The predicted molar refractivity (Wildman–Crippen MR) is 106 cm³/mol. The van der Waals surface area contributed by atoms with Crippen LogP contribution in [0.4, 0.5) is 0 Å². The van der Waals surface area contributed by atoms with Crippen molar-refractivity contribution in [3.63, 3.8) is 0 Å². The summed E-state index contributed by atoms with van der Waals surface area (Å²) in [6.07, 6.45) is 0. The van der Waals surface area contributed by atoms with E-state index in [2.05, 4.69) is 13.8 Å². The lowest BCUT2D eigenvalue weighted by molar-refractivity contribution is -0.144. The summed E-state index contributed by atoms with van der Waals surface area (Å²) in [6, 6.07) is 10.5. The first-order valence-corrected chi connectivity index (χ1v) is 9.00. The number of hydrogen-bond donors (Lipinski definition) is 0. The summed E-state index contributed by atoms with van der Waals surface area (Å²) in [5.74, 6) is 0.887. The summed E-state index contributed by atoms with van der Waals surface area (Å²) in [4.78, 5) is 24.3. The number of ketones is 1. The number of ether oxygens (including phenoxy) is 4. The van der Waals surface area contributed by atoms with Gasteiger partial charge in [-0.05, 0) is 54.3 Å². The molecule has 0 bridgehead atoms. The standard InChI is InChI=1S/C22H26O6/c1-14(2)18-8-6-17(10-15(18)3)27-13-22(24)28-12-20(23)19-11-16(25-4)7-9-21(19)26-5/h6-11,14H,12-13H2,1-5H3. The molecule has 0 unspecified atom stereocenters. The molecule has 2 aromatic rings. The number of carbonyl (C=O) groups is 2. The molecule has 0 amide bonds. The highest BCUT2D eigenvalue weighted by molar-refractivity contribution is 6.00. The van der Waals surface area contributed by atoms with Gasteiger partial charge in [0, 0.05) is 0 Å². The lowest BCUT2D eigenvalue weighted by atomic mass is 9.98. The van der Waals surface area contributed by atoms with Crippen molar-refractivity contribution in [1.82, 2.24) is 0 Å². The first-order chi connectivity index (χ1) is 13.3. The molecule has 0 heterocycles. The van der Waals surface area contributed by atoms with E-state index < -0.39 is 12.6 Å². The Morgan fingerprint density at radius 1 is 0.929 bits per heavy atom. The monoisotopic (exact) mass is 386 g/mol. The van der Waals surface area contributed by atoms with Crippen molar-refractivity contribution in [2.75, 3.05) is 27.4 Å². The zero-order chi connectivity index (χ0) is 20.7. The molecule has 0 saturated carbocycles. The van der Waals surface area contributed by atoms with Crippen molar-refractivity contribution < 1.29 is 28.5 Å². The van der Waals surface area contributed by atoms with Crippen molar-refractivity contribution in [2.24, 2.45) is 0 Å². The minimum absolute atomic E-state index is 0.275. The summed E-state index contributed by atoms with van der Waals surface area (Å²) in [5.41, 5.74) is 2.62. The lowest BCUT2D eigenvalue weighted by Gasteiger charge is -2.12. The molecular formula is C22H26O6. The van der Waals surface area contributed by atoms with Crippen LogP contribution in [-0.4, -0.2) is 39.2 Å². The van der Waals surface area contributed by atoms with Crippen molar-refractivity contribution >= 4 is 11.8 Å². The van der Waals surface area contributed by atoms with E-state index in [1.807, 2.05) is 25.1 Å². The zero-order valence-corrected chi connectivity index (χ0v) is 16.9. The number of Topliss-reactive ketones (excluding diaryl/α,β-unsaturated/α-hetero) is 1. The average Bonchev–Trinajstić information content (AvgIpc) is 2.69. The summed E-state index contributed by atoms with van der Waals surface area (Å²) in [6.45, 7) is 5.56. The molecule has 0 atom stereocenters. The SMILES string of the molecule is COc1ccc(OC)c(C(=O)COC(=O)COc2ccc(C(C)C)c(C)c2)c1. The number of carbonyl (C=O) groups excluding carboxylic acids is 2. The van der Waals surface area contributed by atoms with Crippen LogP contribution in [0.5, 0.6) is 17.2 Å². The largest absolute Gasteiger partial charge is 0.497 e. The van der Waals surface area contributed by atoms with Gasteiger partial charge in [-0.2, -0.15) is 0 Å². The van der Waals surface area contributed by atoms with Crippen LogP contribution in [0.2, 0.25) is 0 Å². The van der Waals surface area contributed by atoms with Gasteiger partial charge in [-0.3, -0.25) is 4.79 Å². The van der Waals surface area contributed by atoms with E-state index in [0.29, 0.717) is 23.2 Å². The third-order valence-electron chi connectivity index (χ3n) is 4.29. The minimum atomic E-state index is -0.624. The van der Waals surface area contributed by atoms with E-state index in [9.17, 15) is 9.59 Å². The second-order valence-electron chi connectivity index (χ2n) is 6.61. The van der Waals surface area contributed by atoms with Crippen molar-refractivity contribution in [3.8, 4) is 17.2 Å². The Morgan fingerprint density at radius 2 is 1.64 bits per heavy atom. The fourth-order valence-electron chi connectivity index (χ4n) is 2.83. The molecule has 0 aliphatic carbocycles. The van der Waals surface area contributed by atoms with Gasteiger partial charge in [0.25, 0.3) is 0 Å². The Kier molecular flexibility index (Phi) is 7.44. The molecule has 0 saturated heterocycles. The zero-order valence-electron chi connectivity index (χ0n) is 16.9. The van der Waals surface area contributed by atoms with Gasteiger partial charge >= 0.3 is 5.97 Å². The highest BCUT2D eigenvalue weighted by Crippen LogP contribution is 2.25. The van der Waals surface area contributed by atoms with Crippen molar-refractivity contribution in [2.45, 2.75) is 26.7 Å². The Balaban J connectivity index is 1.90. The summed E-state index contributed by atoms with van der Waals surface area (Å²) >= 11 is 0. The topological polar surface area (TPSA) is 71.1 Å². The molecule has 0 aliphatic rings. The molecule has 6 nitrogen and oxygen atoms in total. The molecule has 0 aliphatic heterocycles. The molecule has 6 heteroatoms. The average molecular weight is 386 g/mol. The van der Waals surface area contributed by atoms with Crippen LogP contribution < -0.4 is 14.2 Å². The first kappa shape index (κ1) is 21.3. The van der Waals surface area contributed by atoms with Crippen LogP contribution in [0, 0.1) is 6.92 Å². The van der Waals surface area contributed by atoms with Crippen LogP contribution in [0.15, 0.2) is 36.4 Å². The Labute approximate surface area is 165 Å². The molecule has 0 aromatic heterocycles. The van der Waals surface area contributed by atoms with Gasteiger partial charge in [0.2, 0.25) is 5.78 Å². The maximum absolute atomic E-state index is 12.4. The quantitative estimate of drug-likeness (QED) is 0.480. The second kappa shape index (κ2) is 9.78. The molecule has 0 fully saturated rings. The first-order valence-electron chi connectivity index (χ1n) is 9.00. The summed E-state index contributed by atoms with van der Waals surface area (Å²) in [7, 11) is 2.97. The third kappa shape index (κ3) is 5.49.